The molecule has 2 atom stereocenters. The van der Waals surface area contributed by atoms with E-state index in [0.29, 0.717) is 18.5 Å². The van der Waals surface area contributed by atoms with Crippen LogP contribution in [-0.4, -0.2) is 33.4 Å². The van der Waals surface area contributed by atoms with Gasteiger partial charge in [-0.15, -0.1) is 0 Å². The second-order valence-corrected chi connectivity index (χ2v) is 4.87. The third-order valence-corrected chi connectivity index (χ3v) is 3.58. The fourth-order valence-electron chi connectivity index (χ4n) is 2.30. The summed E-state index contributed by atoms with van der Waals surface area (Å²) >= 11 is 0. The number of anilines is 1. The molecule has 0 aromatic heterocycles. The van der Waals surface area contributed by atoms with Gasteiger partial charge in [0, 0.05) is 38.3 Å². The number of aryl methyl sites for hydroxylation is 1. The van der Waals surface area contributed by atoms with Gasteiger partial charge in [0.05, 0.1) is 6.61 Å². The van der Waals surface area contributed by atoms with E-state index in [9.17, 15) is 0 Å². The summed E-state index contributed by atoms with van der Waals surface area (Å²) < 4.78 is 5.23. The minimum atomic E-state index is 0.303. The topological polar surface area (TPSA) is 38.5 Å². The van der Waals surface area contributed by atoms with Crippen molar-refractivity contribution in [2.24, 2.45) is 11.7 Å². The van der Waals surface area contributed by atoms with E-state index in [-0.39, 0.29) is 0 Å². The molecule has 0 fully saturated rings. The van der Waals surface area contributed by atoms with Crippen LogP contribution < -0.4 is 10.6 Å². The molecule has 0 amide bonds. The molecule has 3 heteroatoms. The first-order valence-electron chi connectivity index (χ1n) is 6.64. The Kier molecular flexibility index (Phi) is 6.16. The normalized spacial score (nSPS) is 14.3. The van der Waals surface area contributed by atoms with Crippen LogP contribution in [0.25, 0.3) is 0 Å². The summed E-state index contributed by atoms with van der Waals surface area (Å²) in [6.07, 6.45) is 1.07. The molecule has 0 aliphatic carbocycles. The molecule has 0 bridgehead atoms. The Hall–Kier alpha value is -1.06. The Bertz CT molecular complexity index is 337. The number of methoxy groups -OCH3 is 1. The van der Waals surface area contributed by atoms with Crippen LogP contribution in [0.5, 0.6) is 0 Å². The van der Waals surface area contributed by atoms with Crippen molar-refractivity contribution in [2.45, 2.75) is 26.3 Å². The van der Waals surface area contributed by atoms with E-state index < -0.39 is 0 Å². The lowest BCUT2D eigenvalue weighted by atomic mass is 10.0. The van der Waals surface area contributed by atoms with Crippen LogP contribution in [0.4, 0.5) is 5.69 Å². The van der Waals surface area contributed by atoms with Crippen LogP contribution in [-0.2, 0) is 11.2 Å². The van der Waals surface area contributed by atoms with Gasteiger partial charge in [-0.1, -0.05) is 26.0 Å². The molecule has 2 unspecified atom stereocenters. The largest absolute Gasteiger partial charge is 0.384 e. The highest BCUT2D eigenvalue weighted by Gasteiger charge is 2.20. The molecule has 102 valence electrons. The van der Waals surface area contributed by atoms with Gasteiger partial charge in [0.2, 0.25) is 0 Å². The highest BCUT2D eigenvalue weighted by atomic mass is 16.5. The van der Waals surface area contributed by atoms with Gasteiger partial charge < -0.3 is 15.4 Å². The maximum Gasteiger partial charge on any atom is 0.0507 e. The van der Waals surface area contributed by atoms with Gasteiger partial charge in [0.25, 0.3) is 0 Å². The van der Waals surface area contributed by atoms with Gasteiger partial charge in [-0.3, -0.25) is 0 Å². The van der Waals surface area contributed by atoms with Gasteiger partial charge in [0.1, 0.15) is 0 Å². The maximum atomic E-state index is 5.90. The standard InChI is InChI=1S/C15H26N2O/c1-5-13-6-8-14(9-7-13)17(3)15(10-16)12(2)11-18-4/h6-9,12,15H,5,10-11,16H2,1-4H3. The van der Waals surface area contributed by atoms with Crippen molar-refractivity contribution in [3.05, 3.63) is 29.8 Å². The molecular formula is C15H26N2O. The second kappa shape index (κ2) is 7.39. The average molecular weight is 250 g/mol. The number of benzene rings is 1. The van der Waals surface area contributed by atoms with Crippen LogP contribution in [0.3, 0.4) is 0 Å². The van der Waals surface area contributed by atoms with Crippen LogP contribution in [0.1, 0.15) is 19.4 Å². The summed E-state index contributed by atoms with van der Waals surface area (Å²) in [5.41, 5.74) is 8.48. The number of hydrogen-bond acceptors (Lipinski definition) is 3. The molecule has 18 heavy (non-hydrogen) atoms. The van der Waals surface area contributed by atoms with Crippen LogP contribution in [0.2, 0.25) is 0 Å². The highest BCUT2D eigenvalue weighted by molar-refractivity contribution is 5.48. The summed E-state index contributed by atoms with van der Waals surface area (Å²) in [6, 6.07) is 9.00. The lowest BCUT2D eigenvalue weighted by Gasteiger charge is -2.33. The summed E-state index contributed by atoms with van der Waals surface area (Å²) in [7, 11) is 3.84. The van der Waals surface area contributed by atoms with Crippen molar-refractivity contribution in [1.29, 1.82) is 0 Å². The van der Waals surface area contributed by atoms with Crippen molar-refractivity contribution in [2.75, 3.05) is 32.2 Å². The van der Waals surface area contributed by atoms with E-state index in [0.717, 1.165) is 13.0 Å². The summed E-state index contributed by atoms with van der Waals surface area (Å²) in [5.74, 6) is 0.413. The fourth-order valence-corrected chi connectivity index (χ4v) is 2.30. The number of hydrogen-bond donors (Lipinski definition) is 1. The van der Waals surface area contributed by atoms with E-state index in [1.54, 1.807) is 7.11 Å². The zero-order valence-corrected chi connectivity index (χ0v) is 12.0. The van der Waals surface area contributed by atoms with Crippen molar-refractivity contribution >= 4 is 5.69 Å². The molecule has 0 saturated carbocycles. The molecule has 0 saturated heterocycles. The van der Waals surface area contributed by atoms with Gasteiger partial charge in [-0.2, -0.15) is 0 Å². The maximum absolute atomic E-state index is 5.90. The van der Waals surface area contributed by atoms with Gasteiger partial charge in [-0.25, -0.2) is 0 Å². The first-order valence-corrected chi connectivity index (χ1v) is 6.64. The Morgan fingerprint density at radius 2 is 1.89 bits per heavy atom. The van der Waals surface area contributed by atoms with E-state index in [1.807, 2.05) is 0 Å². The molecule has 1 aromatic carbocycles. The Morgan fingerprint density at radius 1 is 1.28 bits per heavy atom. The number of likely N-dealkylation sites (N-methyl/N-ethyl adjacent to an activating group) is 1. The predicted molar refractivity (Wildman–Crippen MR) is 78.1 cm³/mol. The highest BCUT2D eigenvalue weighted by Crippen LogP contribution is 2.20. The lowest BCUT2D eigenvalue weighted by Crippen LogP contribution is -2.44. The zero-order chi connectivity index (χ0) is 13.5. The number of nitrogens with two attached hydrogens (primary N) is 1. The third-order valence-electron chi connectivity index (χ3n) is 3.58. The molecule has 1 rings (SSSR count). The first kappa shape index (κ1) is 15.0. The van der Waals surface area contributed by atoms with E-state index in [4.69, 9.17) is 10.5 Å². The van der Waals surface area contributed by atoms with Crippen LogP contribution >= 0.6 is 0 Å². The quantitative estimate of drug-likeness (QED) is 0.807. The molecule has 0 aliphatic heterocycles. The first-order chi connectivity index (χ1) is 8.63. The van der Waals surface area contributed by atoms with E-state index in [1.165, 1.54) is 11.3 Å². The molecule has 0 heterocycles. The fraction of sp³-hybridized carbons (Fsp3) is 0.600. The van der Waals surface area contributed by atoms with Gasteiger partial charge in [-0.05, 0) is 24.1 Å². The number of nitrogens with zero attached hydrogens (tertiary/aromatic N) is 1. The predicted octanol–water partition coefficient (Wildman–Crippen LogP) is 2.29. The number of ether oxygens (including phenoxy) is 1. The SMILES string of the molecule is CCc1ccc(N(C)C(CN)C(C)COC)cc1. The third kappa shape index (κ3) is 3.72. The minimum Gasteiger partial charge on any atom is -0.384 e. The van der Waals surface area contributed by atoms with Crippen LogP contribution in [0.15, 0.2) is 24.3 Å². The molecule has 0 radical (unpaired) electrons. The van der Waals surface area contributed by atoms with Gasteiger partial charge >= 0.3 is 0 Å². The summed E-state index contributed by atoms with van der Waals surface area (Å²) in [5, 5.41) is 0. The molecule has 0 aliphatic rings. The zero-order valence-electron chi connectivity index (χ0n) is 12.0. The van der Waals surface area contributed by atoms with Crippen molar-refractivity contribution in [3.8, 4) is 0 Å². The Balaban J connectivity index is 2.78. The average Bonchev–Trinajstić information content (AvgIpc) is 2.40. The summed E-state index contributed by atoms with van der Waals surface area (Å²) in [4.78, 5) is 2.25. The molecule has 0 spiro atoms. The van der Waals surface area contributed by atoms with Crippen molar-refractivity contribution < 1.29 is 4.74 Å². The summed E-state index contributed by atoms with van der Waals surface area (Å²) in [6.45, 7) is 5.72. The molecular weight excluding hydrogens is 224 g/mol. The monoisotopic (exact) mass is 250 g/mol. The Labute approximate surface area is 111 Å². The molecule has 2 N–H and O–H groups in total. The minimum absolute atomic E-state index is 0.303. The molecule has 3 nitrogen and oxygen atoms in total. The number of rotatable bonds is 7. The Morgan fingerprint density at radius 3 is 2.33 bits per heavy atom. The van der Waals surface area contributed by atoms with Crippen molar-refractivity contribution in [3.63, 3.8) is 0 Å². The molecule has 1 aromatic rings. The second-order valence-electron chi connectivity index (χ2n) is 4.87. The smallest absolute Gasteiger partial charge is 0.0507 e. The van der Waals surface area contributed by atoms with E-state index in [2.05, 4.69) is 50.1 Å². The van der Waals surface area contributed by atoms with Crippen LogP contribution in [0, 0.1) is 5.92 Å². The van der Waals surface area contributed by atoms with E-state index >= 15 is 0 Å². The lowest BCUT2D eigenvalue weighted by molar-refractivity contribution is 0.147. The van der Waals surface area contributed by atoms with Crippen molar-refractivity contribution in [1.82, 2.24) is 0 Å². The van der Waals surface area contributed by atoms with Gasteiger partial charge in [0.15, 0.2) is 0 Å².